The van der Waals surface area contributed by atoms with Gasteiger partial charge in [0.1, 0.15) is 10.7 Å². The molecule has 4 nitrogen and oxygen atoms in total. The van der Waals surface area contributed by atoms with Crippen LogP contribution in [0.4, 0.5) is 4.39 Å². The predicted molar refractivity (Wildman–Crippen MR) is 87.0 cm³/mol. The highest BCUT2D eigenvalue weighted by molar-refractivity contribution is 7.13. The molecule has 1 saturated heterocycles. The SMILES string of the molecule is CC1CCN(C(=O)c2cnc(Cc3ccc(F)cc3)s2)CC1O. The molecule has 1 aliphatic rings. The van der Waals surface area contributed by atoms with Crippen LogP contribution in [0.5, 0.6) is 0 Å². The smallest absolute Gasteiger partial charge is 0.265 e. The number of β-amino-alcohol motifs (C(OH)–C–C–N with tert-alkyl or cyclic N) is 1. The highest BCUT2D eigenvalue weighted by atomic mass is 32.1. The van der Waals surface area contributed by atoms with Crippen LogP contribution in [0, 0.1) is 11.7 Å². The Kier molecular flexibility index (Phi) is 4.73. The van der Waals surface area contributed by atoms with Crippen molar-refractivity contribution in [3.05, 3.63) is 51.7 Å². The lowest BCUT2D eigenvalue weighted by atomic mass is 9.96. The minimum absolute atomic E-state index is 0.0705. The summed E-state index contributed by atoms with van der Waals surface area (Å²) in [6, 6.07) is 6.29. The Balaban J connectivity index is 1.66. The zero-order chi connectivity index (χ0) is 16.4. The second-order valence-corrected chi connectivity index (χ2v) is 7.12. The fourth-order valence-corrected chi connectivity index (χ4v) is 3.58. The first kappa shape index (κ1) is 16.1. The highest BCUT2D eigenvalue weighted by Crippen LogP contribution is 2.22. The molecule has 6 heteroatoms. The zero-order valence-electron chi connectivity index (χ0n) is 12.9. The molecule has 0 aliphatic carbocycles. The number of likely N-dealkylation sites (tertiary alicyclic amines) is 1. The van der Waals surface area contributed by atoms with E-state index < -0.39 is 6.10 Å². The van der Waals surface area contributed by atoms with E-state index in [9.17, 15) is 14.3 Å². The average Bonchev–Trinajstić information content (AvgIpc) is 3.00. The maximum absolute atomic E-state index is 12.9. The van der Waals surface area contributed by atoms with Gasteiger partial charge in [0.25, 0.3) is 5.91 Å². The topological polar surface area (TPSA) is 53.4 Å². The second-order valence-electron chi connectivity index (χ2n) is 6.01. The summed E-state index contributed by atoms with van der Waals surface area (Å²) in [5.74, 6) is -0.102. The normalized spacial score (nSPS) is 21.4. The maximum Gasteiger partial charge on any atom is 0.265 e. The number of hydrogen-bond donors (Lipinski definition) is 1. The van der Waals surface area contributed by atoms with Crippen LogP contribution in [0.3, 0.4) is 0 Å². The molecular weight excluding hydrogens is 315 g/mol. The summed E-state index contributed by atoms with van der Waals surface area (Å²) in [7, 11) is 0. The number of amides is 1. The van der Waals surface area contributed by atoms with Crippen molar-refractivity contribution in [3.8, 4) is 0 Å². The molecular formula is C17H19FN2O2S. The summed E-state index contributed by atoms with van der Waals surface area (Å²) >= 11 is 1.36. The van der Waals surface area contributed by atoms with Crippen molar-refractivity contribution in [1.29, 1.82) is 0 Å². The maximum atomic E-state index is 12.9. The first-order valence-electron chi connectivity index (χ1n) is 7.69. The molecule has 1 amide bonds. The van der Waals surface area contributed by atoms with Crippen LogP contribution in [0.25, 0.3) is 0 Å². The lowest BCUT2D eigenvalue weighted by Crippen LogP contribution is -2.45. The number of hydrogen-bond acceptors (Lipinski definition) is 4. The van der Waals surface area contributed by atoms with Crippen LogP contribution in [-0.2, 0) is 6.42 Å². The molecule has 1 N–H and O–H groups in total. The molecule has 0 saturated carbocycles. The van der Waals surface area contributed by atoms with Crippen molar-refractivity contribution in [1.82, 2.24) is 9.88 Å². The van der Waals surface area contributed by atoms with Crippen molar-refractivity contribution in [2.24, 2.45) is 5.92 Å². The lowest BCUT2D eigenvalue weighted by molar-refractivity contribution is 0.0251. The first-order chi connectivity index (χ1) is 11.0. The van der Waals surface area contributed by atoms with Gasteiger partial charge in [-0.25, -0.2) is 9.37 Å². The van der Waals surface area contributed by atoms with E-state index in [-0.39, 0.29) is 17.6 Å². The van der Waals surface area contributed by atoms with Gasteiger partial charge in [-0.3, -0.25) is 4.79 Å². The highest BCUT2D eigenvalue weighted by Gasteiger charge is 2.28. The van der Waals surface area contributed by atoms with E-state index >= 15 is 0 Å². The first-order valence-corrected chi connectivity index (χ1v) is 8.51. The number of benzene rings is 1. The number of aliphatic hydroxyl groups excluding tert-OH is 1. The van der Waals surface area contributed by atoms with Crippen LogP contribution >= 0.6 is 11.3 Å². The van der Waals surface area contributed by atoms with Crippen molar-refractivity contribution >= 4 is 17.2 Å². The fourth-order valence-electron chi connectivity index (χ4n) is 2.66. The van der Waals surface area contributed by atoms with Gasteiger partial charge < -0.3 is 10.0 Å². The summed E-state index contributed by atoms with van der Waals surface area (Å²) in [6.45, 7) is 3.05. The average molecular weight is 334 g/mol. The van der Waals surface area contributed by atoms with Crippen LogP contribution in [0.15, 0.2) is 30.5 Å². The van der Waals surface area contributed by atoms with Crippen molar-refractivity contribution in [2.75, 3.05) is 13.1 Å². The Bertz CT molecular complexity index is 686. The molecule has 1 aliphatic heterocycles. The van der Waals surface area contributed by atoms with Crippen LogP contribution < -0.4 is 0 Å². The van der Waals surface area contributed by atoms with E-state index in [4.69, 9.17) is 0 Å². The fraction of sp³-hybridized carbons (Fsp3) is 0.412. The summed E-state index contributed by atoms with van der Waals surface area (Å²) in [5, 5.41) is 10.8. The largest absolute Gasteiger partial charge is 0.391 e. The molecule has 2 heterocycles. The number of carbonyl (C=O) groups excluding carboxylic acids is 1. The van der Waals surface area contributed by atoms with Crippen molar-refractivity contribution in [2.45, 2.75) is 25.9 Å². The van der Waals surface area contributed by atoms with E-state index in [1.807, 2.05) is 6.92 Å². The van der Waals surface area contributed by atoms with Crippen LogP contribution in [0.2, 0.25) is 0 Å². The molecule has 0 spiro atoms. The minimum Gasteiger partial charge on any atom is -0.391 e. The number of carbonyl (C=O) groups is 1. The van der Waals surface area contributed by atoms with Gasteiger partial charge in [-0.15, -0.1) is 11.3 Å². The van der Waals surface area contributed by atoms with Gasteiger partial charge in [0.15, 0.2) is 0 Å². The van der Waals surface area contributed by atoms with Gasteiger partial charge in [0.05, 0.1) is 17.3 Å². The second kappa shape index (κ2) is 6.76. The van der Waals surface area contributed by atoms with Crippen molar-refractivity contribution in [3.63, 3.8) is 0 Å². The Hall–Kier alpha value is -1.79. The summed E-state index contributed by atoms with van der Waals surface area (Å²) in [4.78, 5) is 19.1. The quantitative estimate of drug-likeness (QED) is 0.939. The van der Waals surface area contributed by atoms with Crippen LogP contribution in [0.1, 0.15) is 33.6 Å². The van der Waals surface area contributed by atoms with Gasteiger partial charge >= 0.3 is 0 Å². The van der Waals surface area contributed by atoms with Gasteiger partial charge in [-0.05, 0) is 30.0 Å². The van der Waals surface area contributed by atoms with E-state index in [1.54, 1.807) is 23.2 Å². The summed E-state index contributed by atoms with van der Waals surface area (Å²) in [6.07, 6.45) is 2.53. The summed E-state index contributed by atoms with van der Waals surface area (Å²) in [5.41, 5.74) is 0.960. The molecule has 1 aromatic heterocycles. The number of aromatic nitrogens is 1. The predicted octanol–water partition coefficient (Wildman–Crippen LogP) is 2.72. The zero-order valence-corrected chi connectivity index (χ0v) is 13.7. The molecule has 2 aromatic rings. The van der Waals surface area contributed by atoms with Gasteiger partial charge in [0.2, 0.25) is 0 Å². The standard InChI is InChI=1S/C17H19FN2O2S/c1-11-6-7-20(10-14(11)21)17(22)15-9-19-16(23-15)8-12-2-4-13(18)5-3-12/h2-5,9,11,14,21H,6-8,10H2,1H3. The Morgan fingerprint density at radius 2 is 2.17 bits per heavy atom. The van der Waals surface area contributed by atoms with Crippen LogP contribution in [-0.4, -0.2) is 40.1 Å². The van der Waals surface area contributed by atoms with E-state index in [0.29, 0.717) is 24.4 Å². The monoisotopic (exact) mass is 334 g/mol. The Morgan fingerprint density at radius 3 is 2.87 bits per heavy atom. The molecule has 1 aromatic carbocycles. The molecule has 0 radical (unpaired) electrons. The molecule has 1 fully saturated rings. The third-order valence-corrected chi connectivity index (χ3v) is 5.22. The van der Waals surface area contributed by atoms with Gasteiger partial charge in [0, 0.05) is 19.5 Å². The molecule has 122 valence electrons. The van der Waals surface area contributed by atoms with E-state index in [1.165, 1.54) is 23.5 Å². The molecule has 2 atom stereocenters. The van der Waals surface area contributed by atoms with E-state index in [0.717, 1.165) is 17.0 Å². The molecule has 3 rings (SSSR count). The minimum atomic E-state index is -0.459. The molecule has 2 unspecified atom stereocenters. The number of aliphatic hydroxyl groups is 1. The third kappa shape index (κ3) is 3.76. The van der Waals surface area contributed by atoms with Gasteiger partial charge in [-0.1, -0.05) is 19.1 Å². The number of nitrogens with zero attached hydrogens (tertiary/aromatic N) is 2. The van der Waals surface area contributed by atoms with Crippen molar-refractivity contribution < 1.29 is 14.3 Å². The number of rotatable bonds is 3. The number of thiazole rings is 1. The number of halogens is 1. The third-order valence-electron chi connectivity index (χ3n) is 4.24. The van der Waals surface area contributed by atoms with Gasteiger partial charge in [-0.2, -0.15) is 0 Å². The lowest BCUT2D eigenvalue weighted by Gasteiger charge is -2.33. The summed E-state index contributed by atoms with van der Waals surface area (Å²) < 4.78 is 12.9. The van der Waals surface area contributed by atoms with E-state index in [2.05, 4.69) is 4.98 Å². The Morgan fingerprint density at radius 1 is 1.43 bits per heavy atom. The number of piperidine rings is 1. The Labute approximate surface area is 138 Å². The molecule has 0 bridgehead atoms. The molecule has 23 heavy (non-hydrogen) atoms.